The van der Waals surface area contributed by atoms with E-state index in [4.69, 9.17) is 14.2 Å². The van der Waals surface area contributed by atoms with Gasteiger partial charge < -0.3 is 19.5 Å². The number of benzene rings is 2. The number of carbonyl (C=O) groups is 2. The van der Waals surface area contributed by atoms with Gasteiger partial charge in [-0.2, -0.15) is 0 Å². The number of rotatable bonds is 7. The molecule has 2 aromatic rings. The topological polar surface area (TPSA) is 73.9 Å². The van der Waals surface area contributed by atoms with Gasteiger partial charge in [-0.15, -0.1) is 11.8 Å². The van der Waals surface area contributed by atoms with Gasteiger partial charge in [-0.05, 0) is 42.0 Å². The summed E-state index contributed by atoms with van der Waals surface area (Å²) in [6.45, 7) is 4.73. The molecule has 0 bridgehead atoms. The van der Waals surface area contributed by atoms with E-state index in [9.17, 15) is 9.59 Å². The number of amides is 1. The molecule has 0 fully saturated rings. The van der Waals surface area contributed by atoms with Crippen molar-refractivity contribution in [2.24, 2.45) is 5.92 Å². The lowest BCUT2D eigenvalue weighted by Gasteiger charge is -2.25. The average Bonchev–Trinajstić information content (AvgIpc) is 2.75. The van der Waals surface area contributed by atoms with Crippen molar-refractivity contribution in [1.82, 2.24) is 5.32 Å². The first-order chi connectivity index (χ1) is 14.0. The molecule has 0 aliphatic carbocycles. The summed E-state index contributed by atoms with van der Waals surface area (Å²) in [7, 11) is 0. The minimum atomic E-state index is -0.509. The van der Waals surface area contributed by atoms with Crippen molar-refractivity contribution in [2.75, 3.05) is 26.1 Å². The molecule has 1 amide bonds. The van der Waals surface area contributed by atoms with Crippen LogP contribution in [0, 0.1) is 5.92 Å². The number of hydrogen-bond acceptors (Lipinski definition) is 6. The van der Waals surface area contributed by atoms with Gasteiger partial charge in [0.15, 0.2) is 18.1 Å². The highest BCUT2D eigenvalue weighted by atomic mass is 32.2. The second-order valence-electron chi connectivity index (χ2n) is 6.97. The summed E-state index contributed by atoms with van der Waals surface area (Å²) in [6, 6.07) is 12.6. The van der Waals surface area contributed by atoms with Crippen molar-refractivity contribution in [1.29, 1.82) is 0 Å². The fraction of sp³-hybridized carbons (Fsp3) is 0.364. The lowest BCUT2D eigenvalue weighted by atomic mass is 9.95. The van der Waals surface area contributed by atoms with Gasteiger partial charge in [0.25, 0.3) is 5.91 Å². The maximum atomic E-state index is 12.5. The molecule has 3 rings (SSSR count). The standard InChI is InChI=1S/C22H25NO5S/c1-14(2)21(15-8-9-17-18(12-15)27-11-10-26-17)23-20(24)13-28-22(25)16-6-4-5-7-19(16)29-3/h4-9,12,14,21H,10-11,13H2,1-3H3,(H,23,24)/t21-/m1/s1. The minimum absolute atomic E-state index is 0.134. The Morgan fingerprint density at radius 2 is 1.83 bits per heavy atom. The van der Waals surface area contributed by atoms with Gasteiger partial charge >= 0.3 is 5.97 Å². The van der Waals surface area contributed by atoms with Crippen LogP contribution in [0.2, 0.25) is 0 Å². The first-order valence-corrected chi connectivity index (χ1v) is 10.7. The molecule has 0 radical (unpaired) electrons. The van der Waals surface area contributed by atoms with E-state index >= 15 is 0 Å². The third kappa shape index (κ3) is 5.23. The van der Waals surface area contributed by atoms with Crippen molar-refractivity contribution in [3.8, 4) is 11.5 Å². The van der Waals surface area contributed by atoms with E-state index in [2.05, 4.69) is 5.32 Å². The first kappa shape index (κ1) is 21.0. The fourth-order valence-electron chi connectivity index (χ4n) is 3.13. The average molecular weight is 416 g/mol. The van der Waals surface area contributed by atoms with Crippen LogP contribution in [-0.4, -0.2) is 38.0 Å². The molecule has 7 heteroatoms. The van der Waals surface area contributed by atoms with Gasteiger partial charge in [-0.3, -0.25) is 4.79 Å². The summed E-state index contributed by atoms with van der Waals surface area (Å²) in [5.41, 5.74) is 1.37. The predicted octanol–water partition coefficient (Wildman–Crippen LogP) is 3.85. The molecule has 29 heavy (non-hydrogen) atoms. The van der Waals surface area contributed by atoms with Crippen LogP contribution < -0.4 is 14.8 Å². The Balaban J connectivity index is 1.63. The normalized spacial score (nSPS) is 13.7. The van der Waals surface area contributed by atoms with Gasteiger partial charge in [0, 0.05) is 4.90 Å². The number of carbonyl (C=O) groups excluding carboxylic acids is 2. The third-order valence-corrected chi connectivity index (χ3v) is 5.37. The van der Waals surface area contributed by atoms with Crippen molar-refractivity contribution in [3.63, 3.8) is 0 Å². The Morgan fingerprint density at radius 3 is 2.55 bits per heavy atom. The Labute approximate surface area is 174 Å². The molecule has 2 aromatic carbocycles. The summed E-state index contributed by atoms with van der Waals surface area (Å²) in [5, 5.41) is 2.96. The van der Waals surface area contributed by atoms with Crippen LogP contribution >= 0.6 is 11.8 Å². The van der Waals surface area contributed by atoms with E-state index in [1.165, 1.54) is 11.8 Å². The summed E-state index contributed by atoms with van der Waals surface area (Å²) in [6.07, 6.45) is 1.89. The highest BCUT2D eigenvalue weighted by molar-refractivity contribution is 7.98. The quantitative estimate of drug-likeness (QED) is 0.547. The van der Waals surface area contributed by atoms with Crippen LogP contribution in [0.1, 0.15) is 35.8 Å². The van der Waals surface area contributed by atoms with Crippen LogP contribution in [0.4, 0.5) is 0 Å². The van der Waals surface area contributed by atoms with Gasteiger partial charge in [0.1, 0.15) is 13.2 Å². The monoisotopic (exact) mass is 415 g/mol. The van der Waals surface area contributed by atoms with E-state index in [0.717, 1.165) is 10.5 Å². The molecule has 154 valence electrons. The molecule has 1 aliphatic rings. The highest BCUT2D eigenvalue weighted by Gasteiger charge is 2.22. The second-order valence-corrected chi connectivity index (χ2v) is 7.82. The Kier molecular flexibility index (Phi) is 7.04. The maximum Gasteiger partial charge on any atom is 0.339 e. The highest BCUT2D eigenvalue weighted by Crippen LogP contribution is 2.34. The summed E-state index contributed by atoms with van der Waals surface area (Å²) < 4.78 is 16.4. The van der Waals surface area contributed by atoms with Crippen LogP contribution in [0.25, 0.3) is 0 Å². The molecule has 1 atom stereocenters. The zero-order valence-electron chi connectivity index (χ0n) is 16.8. The lowest BCUT2D eigenvalue weighted by Crippen LogP contribution is -2.35. The van der Waals surface area contributed by atoms with Crippen LogP contribution in [-0.2, 0) is 9.53 Å². The molecule has 0 aromatic heterocycles. The van der Waals surface area contributed by atoms with Crippen LogP contribution in [0.15, 0.2) is 47.4 Å². The second kappa shape index (κ2) is 9.69. The molecular weight excluding hydrogens is 390 g/mol. The zero-order chi connectivity index (χ0) is 20.8. The van der Waals surface area contributed by atoms with Crippen molar-refractivity contribution >= 4 is 23.6 Å². The number of nitrogens with one attached hydrogen (secondary N) is 1. The molecule has 0 saturated carbocycles. The number of thioether (sulfide) groups is 1. The van der Waals surface area contributed by atoms with Crippen LogP contribution in [0.3, 0.4) is 0 Å². The largest absolute Gasteiger partial charge is 0.486 e. The Morgan fingerprint density at radius 1 is 1.10 bits per heavy atom. The third-order valence-electron chi connectivity index (χ3n) is 4.57. The molecule has 6 nitrogen and oxygen atoms in total. The number of esters is 1. The molecule has 1 N–H and O–H groups in total. The fourth-order valence-corrected chi connectivity index (χ4v) is 3.71. The predicted molar refractivity (Wildman–Crippen MR) is 112 cm³/mol. The van der Waals surface area contributed by atoms with Gasteiger partial charge in [-0.25, -0.2) is 4.79 Å². The molecule has 1 heterocycles. The number of ether oxygens (including phenoxy) is 3. The maximum absolute atomic E-state index is 12.5. The Bertz CT molecular complexity index is 883. The first-order valence-electron chi connectivity index (χ1n) is 9.48. The molecule has 0 saturated heterocycles. The van der Waals surface area contributed by atoms with E-state index in [0.29, 0.717) is 30.3 Å². The summed E-state index contributed by atoms with van der Waals surface area (Å²) >= 11 is 1.46. The van der Waals surface area contributed by atoms with E-state index in [1.807, 2.05) is 50.4 Å². The lowest BCUT2D eigenvalue weighted by molar-refractivity contribution is -0.125. The van der Waals surface area contributed by atoms with Gasteiger partial charge in [-0.1, -0.05) is 32.0 Å². The van der Waals surface area contributed by atoms with Gasteiger partial charge in [0.2, 0.25) is 0 Å². The summed E-state index contributed by atoms with van der Waals surface area (Å²) in [4.78, 5) is 25.6. The van der Waals surface area contributed by atoms with Crippen molar-refractivity contribution < 1.29 is 23.8 Å². The number of hydrogen-bond donors (Lipinski definition) is 1. The molecule has 1 aliphatic heterocycles. The Hall–Kier alpha value is -2.67. The SMILES string of the molecule is CSc1ccccc1C(=O)OCC(=O)N[C@@H](c1ccc2c(c1)OCCO2)C(C)C. The van der Waals surface area contributed by atoms with Crippen LogP contribution in [0.5, 0.6) is 11.5 Å². The number of fused-ring (bicyclic) bond motifs is 1. The minimum Gasteiger partial charge on any atom is -0.486 e. The van der Waals surface area contributed by atoms with E-state index in [-0.39, 0.29) is 24.5 Å². The van der Waals surface area contributed by atoms with E-state index in [1.54, 1.807) is 12.1 Å². The molecule has 0 unspecified atom stereocenters. The van der Waals surface area contributed by atoms with Crippen molar-refractivity contribution in [3.05, 3.63) is 53.6 Å². The molecular formula is C22H25NO5S. The van der Waals surface area contributed by atoms with Gasteiger partial charge in [0.05, 0.1) is 11.6 Å². The molecule has 0 spiro atoms. The van der Waals surface area contributed by atoms with Crippen molar-refractivity contribution in [2.45, 2.75) is 24.8 Å². The van der Waals surface area contributed by atoms with E-state index < -0.39 is 5.97 Å². The zero-order valence-corrected chi connectivity index (χ0v) is 17.6. The summed E-state index contributed by atoms with van der Waals surface area (Å²) in [5.74, 6) is 0.650. The smallest absolute Gasteiger partial charge is 0.339 e.